The fraction of sp³-hybridized carbons (Fsp3) is 0.412. The molecule has 0 bridgehead atoms. The molecule has 4 rings (SSSR count). The van der Waals surface area contributed by atoms with Gasteiger partial charge in [0.1, 0.15) is 5.82 Å². The van der Waals surface area contributed by atoms with Crippen LogP contribution in [0, 0.1) is 17.7 Å². The molecule has 1 aliphatic carbocycles. The van der Waals surface area contributed by atoms with Crippen LogP contribution in [0.5, 0.6) is 0 Å². The van der Waals surface area contributed by atoms with Crippen molar-refractivity contribution in [3.05, 3.63) is 35.2 Å². The molecule has 2 heterocycles. The number of nitrogens with zero attached hydrogens (tertiary/aromatic N) is 1. The van der Waals surface area contributed by atoms with Crippen LogP contribution in [-0.4, -0.2) is 23.0 Å². The van der Waals surface area contributed by atoms with E-state index in [4.69, 9.17) is 11.6 Å². The molecule has 1 aromatic heterocycles. The van der Waals surface area contributed by atoms with Crippen LogP contribution in [0.3, 0.4) is 0 Å². The maximum atomic E-state index is 13.9. The highest BCUT2D eigenvalue weighted by Gasteiger charge is 2.36. The summed E-state index contributed by atoms with van der Waals surface area (Å²) in [4.78, 5) is 5.72. The van der Waals surface area contributed by atoms with Gasteiger partial charge in [0.2, 0.25) is 0 Å². The van der Waals surface area contributed by atoms with Crippen LogP contribution in [-0.2, 0) is 0 Å². The third kappa shape index (κ3) is 2.18. The third-order valence-electron chi connectivity index (χ3n) is 5.27. The summed E-state index contributed by atoms with van der Waals surface area (Å²) < 4.78 is 13.9. The van der Waals surface area contributed by atoms with Gasteiger partial charge >= 0.3 is 0 Å². The van der Waals surface area contributed by atoms with Gasteiger partial charge < -0.3 is 9.88 Å². The van der Waals surface area contributed by atoms with Gasteiger partial charge in [0.15, 0.2) is 0 Å². The fourth-order valence-corrected chi connectivity index (χ4v) is 4.72. The molecule has 5 heteroatoms. The highest BCUT2D eigenvalue weighted by atomic mass is 35.5. The van der Waals surface area contributed by atoms with E-state index in [1.165, 1.54) is 19.3 Å². The Morgan fingerprint density at radius 1 is 1.32 bits per heavy atom. The average Bonchev–Trinajstić information content (AvgIpc) is 3.17. The number of hydrogen-bond acceptors (Lipinski definition) is 1. The lowest BCUT2D eigenvalue weighted by Gasteiger charge is -2.21. The lowest BCUT2D eigenvalue weighted by Crippen LogP contribution is -2.19. The number of rotatable bonds is 2. The van der Waals surface area contributed by atoms with Crippen molar-refractivity contribution in [3.8, 4) is 0 Å². The number of H-pyrrole nitrogens is 1. The molecule has 1 saturated carbocycles. The minimum atomic E-state index is -0.369. The number of nitrogens with one attached hydrogen (secondary N) is 1. The maximum Gasteiger partial charge on any atom is 0.149 e. The fourth-order valence-electron chi connectivity index (χ4n) is 4.03. The highest BCUT2D eigenvalue weighted by molar-refractivity contribution is 7.28. The van der Waals surface area contributed by atoms with Crippen molar-refractivity contribution in [1.82, 2.24) is 9.88 Å². The van der Waals surface area contributed by atoms with Gasteiger partial charge in [-0.25, -0.2) is 4.39 Å². The number of fused-ring (bicyclic) bond motifs is 2. The molecule has 22 heavy (non-hydrogen) atoms. The first-order chi connectivity index (χ1) is 10.5. The van der Waals surface area contributed by atoms with Crippen molar-refractivity contribution in [3.63, 3.8) is 0 Å². The van der Waals surface area contributed by atoms with E-state index in [1.807, 2.05) is 6.07 Å². The first-order valence-corrected chi connectivity index (χ1v) is 8.70. The molecule has 0 amide bonds. The normalized spacial score (nSPS) is 24.2. The van der Waals surface area contributed by atoms with Crippen molar-refractivity contribution in [2.75, 3.05) is 13.1 Å². The zero-order chi connectivity index (χ0) is 15.4. The molecule has 3 atom stereocenters. The Hall–Kier alpha value is -1.05. The molecule has 0 spiro atoms. The second-order valence-corrected chi connectivity index (χ2v) is 7.52. The summed E-state index contributed by atoms with van der Waals surface area (Å²) >= 11 is 5.93. The summed E-state index contributed by atoms with van der Waals surface area (Å²) in [6.07, 6.45) is 4.06. The van der Waals surface area contributed by atoms with E-state index >= 15 is 0 Å². The Balaban J connectivity index is 1.66. The summed E-state index contributed by atoms with van der Waals surface area (Å²) in [6.45, 7) is 6.46. The highest BCUT2D eigenvalue weighted by Crippen LogP contribution is 2.40. The molecule has 1 N–H and O–H groups in total. The molecule has 0 radical (unpaired) electrons. The van der Waals surface area contributed by atoms with Crippen LogP contribution < -0.4 is 5.30 Å². The van der Waals surface area contributed by atoms with Gasteiger partial charge in [-0.3, -0.25) is 0 Å². The molecule has 1 aromatic carbocycles. The molecule has 2 aromatic rings. The Morgan fingerprint density at radius 2 is 2.00 bits per heavy atom. The summed E-state index contributed by atoms with van der Waals surface area (Å²) in [5, 5.41) is 1.51. The first-order valence-electron chi connectivity index (χ1n) is 7.75. The van der Waals surface area contributed by atoms with E-state index in [0.29, 0.717) is 5.30 Å². The average molecular weight is 337 g/mol. The summed E-state index contributed by atoms with van der Waals surface area (Å²) in [5.74, 6) is 1.28. The molecule has 1 saturated heterocycles. The molecular formula is C17H19ClFN2P. The van der Waals surface area contributed by atoms with Crippen LogP contribution in [0.4, 0.5) is 4.39 Å². The van der Waals surface area contributed by atoms with Crippen molar-refractivity contribution < 1.29 is 4.39 Å². The van der Waals surface area contributed by atoms with Crippen molar-refractivity contribution >= 4 is 42.7 Å². The van der Waals surface area contributed by atoms with Crippen LogP contribution in [0.1, 0.15) is 25.0 Å². The van der Waals surface area contributed by atoms with E-state index < -0.39 is 0 Å². The molecule has 1 aliphatic heterocycles. The minimum absolute atomic E-state index is 0.146. The maximum absolute atomic E-state index is 13.9. The van der Waals surface area contributed by atoms with Gasteiger partial charge in [0, 0.05) is 29.3 Å². The van der Waals surface area contributed by atoms with E-state index in [-0.39, 0.29) is 10.8 Å². The number of aromatic nitrogens is 1. The van der Waals surface area contributed by atoms with Crippen molar-refractivity contribution in [2.24, 2.45) is 11.8 Å². The summed E-state index contributed by atoms with van der Waals surface area (Å²) in [7, 11) is 2.45. The predicted octanol–water partition coefficient (Wildman–Crippen LogP) is 4.16. The lowest BCUT2D eigenvalue weighted by atomic mass is 10.0. The van der Waals surface area contributed by atoms with Crippen molar-refractivity contribution in [2.45, 2.75) is 19.3 Å². The molecule has 3 unspecified atom stereocenters. The van der Waals surface area contributed by atoms with Gasteiger partial charge in [0.25, 0.3) is 0 Å². The zero-order valence-corrected chi connectivity index (χ0v) is 14.2. The Kier molecular flexibility index (Phi) is 3.47. The van der Waals surface area contributed by atoms with Gasteiger partial charge in [-0.05, 0) is 36.8 Å². The van der Waals surface area contributed by atoms with E-state index in [2.05, 4.69) is 25.7 Å². The summed E-state index contributed by atoms with van der Waals surface area (Å²) in [5.41, 5.74) is 2.82. The smallest absolute Gasteiger partial charge is 0.149 e. The van der Waals surface area contributed by atoms with E-state index in [1.54, 1.807) is 6.07 Å². The number of benzene rings is 1. The second-order valence-electron chi connectivity index (χ2n) is 6.53. The van der Waals surface area contributed by atoms with Crippen LogP contribution >= 0.6 is 20.8 Å². The zero-order valence-electron chi connectivity index (χ0n) is 12.3. The predicted molar refractivity (Wildman–Crippen MR) is 94.0 cm³/mol. The van der Waals surface area contributed by atoms with Gasteiger partial charge in [-0.15, -0.1) is 9.24 Å². The minimum Gasteiger partial charge on any atom is -0.370 e. The van der Waals surface area contributed by atoms with Crippen LogP contribution in [0.2, 0.25) is 5.02 Å². The Labute approximate surface area is 136 Å². The number of likely N-dealkylation sites (tertiary alicyclic amines) is 1. The Morgan fingerprint density at radius 3 is 2.68 bits per heavy atom. The second kappa shape index (κ2) is 5.25. The number of halogens is 2. The molecular weight excluding hydrogens is 318 g/mol. The van der Waals surface area contributed by atoms with E-state index in [0.717, 1.165) is 47.2 Å². The Bertz CT molecular complexity index is 758. The number of hydrogen-bond donors (Lipinski definition) is 1. The van der Waals surface area contributed by atoms with Crippen molar-refractivity contribution in [1.29, 1.82) is 0 Å². The third-order valence-corrected chi connectivity index (χ3v) is 6.11. The van der Waals surface area contributed by atoms with Gasteiger partial charge in [-0.1, -0.05) is 24.6 Å². The van der Waals surface area contributed by atoms with Gasteiger partial charge in [0.05, 0.1) is 16.4 Å². The molecule has 116 valence electrons. The quantitative estimate of drug-likeness (QED) is 0.816. The number of aromatic amines is 1. The lowest BCUT2D eigenvalue weighted by molar-refractivity contribution is 0.442. The monoisotopic (exact) mass is 336 g/mol. The molecule has 2 nitrogen and oxygen atoms in total. The first kappa shape index (κ1) is 14.5. The largest absolute Gasteiger partial charge is 0.370 e. The van der Waals surface area contributed by atoms with Crippen LogP contribution in [0.15, 0.2) is 18.7 Å². The van der Waals surface area contributed by atoms with Crippen LogP contribution in [0.25, 0.3) is 16.6 Å². The van der Waals surface area contributed by atoms with E-state index in [9.17, 15) is 4.39 Å². The SMILES string of the molecule is C=C(c1cc2c(P)c(F)c(Cl)cc2[nH]1)N1CC2CCCC2C1. The molecule has 2 fully saturated rings. The standard InChI is InChI=1S/C17H19ClFN2P/c1-9(21-7-10-3-2-4-11(10)8-21)14-5-12-15(20-14)6-13(18)16(19)17(12)22/h5-6,10-11,20H,1-4,7-8,22H2. The summed E-state index contributed by atoms with van der Waals surface area (Å²) in [6, 6.07) is 3.63. The molecule has 2 aliphatic rings. The topological polar surface area (TPSA) is 19.0 Å². The van der Waals surface area contributed by atoms with Gasteiger partial charge in [-0.2, -0.15) is 0 Å².